The van der Waals surface area contributed by atoms with Gasteiger partial charge >= 0.3 is 0 Å². The van der Waals surface area contributed by atoms with Crippen molar-refractivity contribution in [2.45, 2.75) is 20.8 Å². The van der Waals surface area contributed by atoms with Gasteiger partial charge < -0.3 is 15.5 Å². The highest BCUT2D eigenvalue weighted by molar-refractivity contribution is 7.14. The summed E-state index contributed by atoms with van der Waals surface area (Å²) in [5, 5.41) is 8.50. The van der Waals surface area contributed by atoms with Gasteiger partial charge in [-0.25, -0.2) is 4.98 Å². The van der Waals surface area contributed by atoms with Crippen LogP contribution in [0.5, 0.6) is 0 Å². The number of hydrogen-bond acceptors (Lipinski definition) is 6. The molecular weight excluding hydrogens is 358 g/mol. The van der Waals surface area contributed by atoms with Crippen LogP contribution in [-0.4, -0.2) is 29.0 Å². The molecule has 6 nitrogen and oxygen atoms in total. The lowest BCUT2D eigenvalue weighted by Gasteiger charge is -2.22. The predicted molar refractivity (Wildman–Crippen MR) is 112 cm³/mol. The Morgan fingerprint density at radius 1 is 1.22 bits per heavy atom. The molecule has 3 aromatic rings. The molecule has 0 unspecified atom stereocenters. The topological polar surface area (TPSA) is 70.2 Å². The lowest BCUT2D eigenvalue weighted by Crippen LogP contribution is -2.22. The van der Waals surface area contributed by atoms with E-state index in [4.69, 9.17) is 0 Å². The smallest absolute Gasteiger partial charge is 0.275 e. The van der Waals surface area contributed by atoms with Gasteiger partial charge in [0, 0.05) is 36.0 Å². The molecule has 1 amide bonds. The first-order chi connectivity index (χ1) is 13.1. The van der Waals surface area contributed by atoms with Gasteiger partial charge in [-0.3, -0.25) is 9.78 Å². The van der Waals surface area contributed by atoms with E-state index in [0.29, 0.717) is 10.8 Å². The molecule has 27 heavy (non-hydrogen) atoms. The number of benzene rings is 1. The Balaban J connectivity index is 1.69. The highest BCUT2D eigenvalue weighted by Crippen LogP contribution is 2.24. The predicted octanol–water partition coefficient (Wildman–Crippen LogP) is 4.69. The molecule has 0 saturated heterocycles. The second kappa shape index (κ2) is 8.64. The number of amides is 1. The fourth-order valence-electron chi connectivity index (χ4n) is 2.76. The van der Waals surface area contributed by atoms with Gasteiger partial charge in [0.15, 0.2) is 5.13 Å². The van der Waals surface area contributed by atoms with Crippen LogP contribution in [0.4, 0.5) is 22.2 Å². The summed E-state index contributed by atoms with van der Waals surface area (Å²) in [7, 11) is 0. The normalized spacial score (nSPS) is 10.5. The molecule has 140 valence electrons. The summed E-state index contributed by atoms with van der Waals surface area (Å²) in [6, 6.07) is 9.82. The van der Waals surface area contributed by atoms with Crippen molar-refractivity contribution < 1.29 is 4.79 Å². The molecule has 0 aliphatic heterocycles. The molecule has 3 rings (SSSR count). The summed E-state index contributed by atoms with van der Waals surface area (Å²) in [4.78, 5) is 23.2. The van der Waals surface area contributed by atoms with Crippen molar-refractivity contribution in [3.63, 3.8) is 0 Å². The maximum absolute atomic E-state index is 12.5. The number of carbonyl (C=O) groups excluding carboxylic acids is 1. The molecule has 0 aliphatic rings. The van der Waals surface area contributed by atoms with Crippen LogP contribution in [0.15, 0.2) is 48.1 Å². The maximum Gasteiger partial charge on any atom is 0.275 e. The number of thiazole rings is 1. The summed E-state index contributed by atoms with van der Waals surface area (Å²) < 4.78 is 0. The molecule has 7 heteroatoms. The highest BCUT2D eigenvalue weighted by atomic mass is 32.1. The molecule has 0 fully saturated rings. The van der Waals surface area contributed by atoms with Crippen molar-refractivity contribution in [1.82, 2.24) is 9.97 Å². The molecule has 0 radical (unpaired) electrons. The Morgan fingerprint density at radius 2 is 2.04 bits per heavy atom. The van der Waals surface area contributed by atoms with Gasteiger partial charge in [-0.1, -0.05) is 0 Å². The zero-order valence-electron chi connectivity index (χ0n) is 15.7. The first kappa shape index (κ1) is 18.8. The minimum Gasteiger partial charge on any atom is -0.372 e. The van der Waals surface area contributed by atoms with Gasteiger partial charge in [0.05, 0.1) is 11.9 Å². The Labute approximate surface area is 163 Å². The quantitative estimate of drug-likeness (QED) is 0.621. The van der Waals surface area contributed by atoms with Gasteiger partial charge in [0.2, 0.25) is 0 Å². The van der Waals surface area contributed by atoms with Crippen molar-refractivity contribution in [2.24, 2.45) is 0 Å². The first-order valence-electron chi connectivity index (χ1n) is 8.90. The zero-order valence-corrected chi connectivity index (χ0v) is 16.5. The molecule has 0 bridgehead atoms. The van der Waals surface area contributed by atoms with E-state index in [-0.39, 0.29) is 5.91 Å². The molecule has 0 saturated carbocycles. The summed E-state index contributed by atoms with van der Waals surface area (Å²) in [6.45, 7) is 8.17. The van der Waals surface area contributed by atoms with E-state index in [0.717, 1.165) is 35.7 Å². The molecule has 0 spiro atoms. The largest absolute Gasteiger partial charge is 0.372 e. The lowest BCUT2D eigenvalue weighted by molar-refractivity contribution is 0.102. The van der Waals surface area contributed by atoms with Crippen molar-refractivity contribution in [1.29, 1.82) is 0 Å². The van der Waals surface area contributed by atoms with Crippen LogP contribution in [-0.2, 0) is 0 Å². The number of hydrogen-bond donors (Lipinski definition) is 2. The number of aryl methyl sites for hydroxylation is 1. The van der Waals surface area contributed by atoms with Crippen LogP contribution in [0.25, 0.3) is 0 Å². The SMILES string of the molecule is CCN(CC)c1ccc(NC(=O)c2csc(Nc3cccnc3)n2)c(C)c1. The average molecular weight is 382 g/mol. The molecule has 0 aliphatic carbocycles. The van der Waals surface area contributed by atoms with Crippen LogP contribution in [0.2, 0.25) is 0 Å². The average Bonchev–Trinajstić information content (AvgIpc) is 3.14. The Hall–Kier alpha value is -2.93. The third-order valence-electron chi connectivity index (χ3n) is 4.24. The van der Waals surface area contributed by atoms with Crippen molar-refractivity contribution in [2.75, 3.05) is 28.6 Å². The standard InChI is InChI=1S/C20H23N5OS/c1-4-25(5-2)16-8-9-17(14(3)11-16)23-19(26)18-13-27-20(24-18)22-15-7-6-10-21-12-15/h6-13H,4-5H2,1-3H3,(H,22,24)(H,23,26). The van der Waals surface area contributed by atoms with E-state index >= 15 is 0 Å². The zero-order chi connectivity index (χ0) is 19.2. The second-order valence-corrected chi connectivity index (χ2v) is 6.89. The molecule has 2 aromatic heterocycles. The van der Waals surface area contributed by atoms with Crippen LogP contribution >= 0.6 is 11.3 Å². The number of nitrogens with zero attached hydrogens (tertiary/aromatic N) is 3. The summed E-state index contributed by atoms with van der Waals surface area (Å²) in [6.07, 6.45) is 3.42. The van der Waals surface area contributed by atoms with E-state index in [2.05, 4.69) is 45.4 Å². The summed E-state index contributed by atoms with van der Waals surface area (Å²) in [5.41, 5.74) is 4.20. The third kappa shape index (κ3) is 4.62. The lowest BCUT2D eigenvalue weighted by atomic mass is 10.1. The van der Waals surface area contributed by atoms with Gasteiger partial charge in [-0.2, -0.15) is 0 Å². The van der Waals surface area contributed by atoms with E-state index in [9.17, 15) is 4.79 Å². The fraction of sp³-hybridized carbons (Fsp3) is 0.250. The maximum atomic E-state index is 12.5. The van der Waals surface area contributed by atoms with Gasteiger partial charge in [0.1, 0.15) is 5.69 Å². The Morgan fingerprint density at radius 3 is 2.70 bits per heavy atom. The Kier molecular flexibility index (Phi) is 6.03. The monoisotopic (exact) mass is 381 g/mol. The van der Waals surface area contributed by atoms with Crippen LogP contribution < -0.4 is 15.5 Å². The van der Waals surface area contributed by atoms with Gasteiger partial charge in [-0.05, 0) is 56.7 Å². The third-order valence-corrected chi connectivity index (χ3v) is 4.99. The number of rotatable bonds is 7. The van der Waals surface area contributed by atoms with Crippen LogP contribution in [0.1, 0.15) is 29.9 Å². The number of nitrogens with one attached hydrogen (secondary N) is 2. The Bertz CT molecular complexity index is 906. The number of carbonyl (C=O) groups is 1. The van der Waals surface area contributed by atoms with Crippen LogP contribution in [0, 0.1) is 6.92 Å². The first-order valence-corrected chi connectivity index (χ1v) is 9.78. The molecule has 1 aromatic carbocycles. The van der Waals surface area contributed by atoms with E-state index in [1.807, 2.05) is 31.2 Å². The molecular formula is C20H23N5OS. The van der Waals surface area contributed by atoms with Crippen molar-refractivity contribution in [3.8, 4) is 0 Å². The minimum atomic E-state index is -0.218. The molecule has 0 atom stereocenters. The number of anilines is 4. The number of aromatic nitrogens is 2. The van der Waals surface area contributed by atoms with Gasteiger partial charge in [-0.15, -0.1) is 11.3 Å². The van der Waals surface area contributed by atoms with E-state index in [1.54, 1.807) is 17.8 Å². The molecule has 2 N–H and O–H groups in total. The van der Waals surface area contributed by atoms with E-state index < -0.39 is 0 Å². The van der Waals surface area contributed by atoms with Crippen LogP contribution in [0.3, 0.4) is 0 Å². The van der Waals surface area contributed by atoms with Crippen molar-refractivity contribution in [3.05, 3.63) is 59.4 Å². The second-order valence-electron chi connectivity index (χ2n) is 6.03. The summed E-state index contributed by atoms with van der Waals surface area (Å²) in [5.74, 6) is -0.218. The fourth-order valence-corrected chi connectivity index (χ4v) is 3.47. The van der Waals surface area contributed by atoms with Crippen molar-refractivity contribution >= 4 is 39.4 Å². The summed E-state index contributed by atoms with van der Waals surface area (Å²) >= 11 is 1.38. The van der Waals surface area contributed by atoms with Gasteiger partial charge in [0.25, 0.3) is 5.91 Å². The highest BCUT2D eigenvalue weighted by Gasteiger charge is 2.13. The molecule has 2 heterocycles. The number of pyridine rings is 1. The minimum absolute atomic E-state index is 0.218. The van der Waals surface area contributed by atoms with E-state index in [1.165, 1.54) is 11.3 Å².